The van der Waals surface area contributed by atoms with E-state index in [2.05, 4.69) is 5.10 Å². The molecule has 2 aliphatic rings. The lowest BCUT2D eigenvalue weighted by molar-refractivity contribution is -0.162. The largest absolute Gasteiger partial charge is 0.464 e. The van der Waals surface area contributed by atoms with Crippen molar-refractivity contribution in [3.8, 4) is 0 Å². The molecule has 2 rings (SSSR count). The molecule has 6 nitrogen and oxygen atoms in total. The van der Waals surface area contributed by atoms with Gasteiger partial charge in [0.05, 0.1) is 25.5 Å². The molecule has 0 amide bonds. The second kappa shape index (κ2) is 4.94. The van der Waals surface area contributed by atoms with Crippen LogP contribution >= 0.6 is 0 Å². The molecule has 2 N–H and O–H groups in total. The lowest BCUT2D eigenvalue weighted by Crippen LogP contribution is -2.61. The Morgan fingerprint density at radius 3 is 2.79 bits per heavy atom. The summed E-state index contributed by atoms with van der Waals surface area (Å²) in [5.74, 6) is -0.485. The SMILES string of the molecule is CCOC(=O)C12CC(C)=C(C)CN1N=C(CO)C2O. The van der Waals surface area contributed by atoms with E-state index in [0.717, 1.165) is 11.1 Å². The van der Waals surface area contributed by atoms with E-state index in [1.807, 2.05) is 13.8 Å². The third kappa shape index (κ3) is 1.95. The number of esters is 1. The van der Waals surface area contributed by atoms with Crippen molar-refractivity contribution in [3.63, 3.8) is 0 Å². The number of carbonyl (C=O) groups excluding carboxylic acids is 1. The molecular formula is C13H20N2O4. The summed E-state index contributed by atoms with van der Waals surface area (Å²) < 4.78 is 5.11. The summed E-state index contributed by atoms with van der Waals surface area (Å²) >= 11 is 0. The standard InChI is InChI=1S/C13H20N2O4/c1-4-19-12(18)13-5-8(2)9(3)6-15(13)14-10(7-16)11(13)17/h11,16-17H,4-7H2,1-3H3. The Morgan fingerprint density at radius 1 is 1.53 bits per heavy atom. The highest BCUT2D eigenvalue weighted by molar-refractivity contribution is 6.00. The summed E-state index contributed by atoms with van der Waals surface area (Å²) in [7, 11) is 0. The number of nitrogens with zero attached hydrogens (tertiary/aromatic N) is 2. The number of hydrogen-bond donors (Lipinski definition) is 2. The van der Waals surface area contributed by atoms with Gasteiger partial charge in [0.1, 0.15) is 6.10 Å². The van der Waals surface area contributed by atoms with Crippen molar-refractivity contribution in [2.45, 2.75) is 38.8 Å². The number of rotatable bonds is 3. The normalized spacial score (nSPS) is 30.3. The second-order valence-corrected chi connectivity index (χ2v) is 5.09. The molecule has 2 heterocycles. The lowest BCUT2D eigenvalue weighted by atomic mass is 9.80. The summed E-state index contributed by atoms with van der Waals surface area (Å²) in [5, 5.41) is 25.4. The van der Waals surface area contributed by atoms with Crippen molar-refractivity contribution >= 4 is 11.7 Å². The molecule has 2 atom stereocenters. The van der Waals surface area contributed by atoms with E-state index in [1.165, 1.54) is 0 Å². The van der Waals surface area contributed by atoms with Crippen molar-refractivity contribution < 1.29 is 19.7 Å². The highest BCUT2D eigenvalue weighted by Crippen LogP contribution is 2.40. The summed E-state index contributed by atoms with van der Waals surface area (Å²) in [6.07, 6.45) is -0.758. The number of aliphatic hydroxyl groups excluding tert-OH is 2. The average molecular weight is 268 g/mol. The first-order valence-corrected chi connectivity index (χ1v) is 6.43. The molecule has 0 aromatic carbocycles. The monoisotopic (exact) mass is 268 g/mol. The first-order chi connectivity index (χ1) is 8.97. The Labute approximate surface area is 112 Å². The molecule has 0 aromatic rings. The Bertz CT molecular complexity index is 458. The van der Waals surface area contributed by atoms with Crippen LogP contribution in [0.2, 0.25) is 0 Å². The first kappa shape index (κ1) is 14.0. The van der Waals surface area contributed by atoms with E-state index >= 15 is 0 Å². The summed E-state index contributed by atoms with van der Waals surface area (Å²) in [6.45, 7) is 5.99. The number of carbonyl (C=O) groups is 1. The summed E-state index contributed by atoms with van der Waals surface area (Å²) in [4.78, 5) is 12.3. The second-order valence-electron chi connectivity index (χ2n) is 5.09. The van der Waals surface area contributed by atoms with Crippen LogP contribution in [-0.2, 0) is 9.53 Å². The van der Waals surface area contributed by atoms with Gasteiger partial charge < -0.3 is 14.9 Å². The zero-order valence-electron chi connectivity index (χ0n) is 11.5. The molecule has 0 spiro atoms. The maximum atomic E-state index is 12.3. The lowest BCUT2D eigenvalue weighted by Gasteiger charge is -2.41. The van der Waals surface area contributed by atoms with Crippen LogP contribution in [0.1, 0.15) is 27.2 Å². The van der Waals surface area contributed by atoms with E-state index in [9.17, 15) is 15.0 Å². The van der Waals surface area contributed by atoms with Crippen molar-refractivity contribution in [2.75, 3.05) is 19.8 Å². The van der Waals surface area contributed by atoms with Crippen molar-refractivity contribution in [1.82, 2.24) is 5.01 Å². The van der Waals surface area contributed by atoms with Crippen LogP contribution in [0.5, 0.6) is 0 Å². The van der Waals surface area contributed by atoms with Crippen LogP contribution < -0.4 is 0 Å². The third-order valence-electron chi connectivity index (χ3n) is 3.92. The predicted octanol–water partition coefficient (Wildman–Crippen LogP) is 0.0532. The van der Waals surface area contributed by atoms with E-state index in [1.54, 1.807) is 11.9 Å². The zero-order chi connectivity index (χ0) is 14.2. The van der Waals surface area contributed by atoms with Gasteiger partial charge >= 0.3 is 5.97 Å². The van der Waals surface area contributed by atoms with Crippen LogP contribution in [0.4, 0.5) is 0 Å². The van der Waals surface area contributed by atoms with E-state index < -0.39 is 17.6 Å². The molecule has 0 saturated heterocycles. The fraction of sp³-hybridized carbons (Fsp3) is 0.692. The minimum Gasteiger partial charge on any atom is -0.464 e. The van der Waals surface area contributed by atoms with Gasteiger partial charge in [0.15, 0.2) is 5.54 Å². The Balaban J connectivity index is 2.43. The topological polar surface area (TPSA) is 82.4 Å². The van der Waals surface area contributed by atoms with Crippen molar-refractivity contribution in [1.29, 1.82) is 0 Å². The van der Waals surface area contributed by atoms with Gasteiger partial charge in [-0.15, -0.1) is 0 Å². The Hall–Kier alpha value is -1.40. The maximum absolute atomic E-state index is 12.3. The van der Waals surface area contributed by atoms with Crippen molar-refractivity contribution in [3.05, 3.63) is 11.1 Å². The molecule has 19 heavy (non-hydrogen) atoms. The molecule has 6 heteroatoms. The van der Waals surface area contributed by atoms with E-state index in [-0.39, 0.29) is 18.9 Å². The predicted molar refractivity (Wildman–Crippen MR) is 69.6 cm³/mol. The van der Waals surface area contributed by atoms with Crippen LogP contribution in [0.15, 0.2) is 16.2 Å². The van der Waals surface area contributed by atoms with Crippen LogP contribution in [0.3, 0.4) is 0 Å². The van der Waals surface area contributed by atoms with Crippen molar-refractivity contribution in [2.24, 2.45) is 5.10 Å². The number of hydrogen-bond acceptors (Lipinski definition) is 6. The molecule has 106 valence electrons. The van der Waals surface area contributed by atoms with Gasteiger partial charge in [0, 0.05) is 6.42 Å². The number of hydrazone groups is 1. The number of fused-ring (bicyclic) bond motifs is 1. The van der Waals surface area contributed by atoms with Gasteiger partial charge in [-0.1, -0.05) is 11.1 Å². The van der Waals surface area contributed by atoms with Gasteiger partial charge in [-0.3, -0.25) is 5.01 Å². The van der Waals surface area contributed by atoms with Crippen LogP contribution in [0.25, 0.3) is 0 Å². The highest BCUT2D eigenvalue weighted by atomic mass is 16.5. The molecular weight excluding hydrogens is 248 g/mol. The van der Waals surface area contributed by atoms with Gasteiger partial charge in [-0.25, -0.2) is 4.79 Å². The molecule has 0 aliphatic carbocycles. The van der Waals surface area contributed by atoms with Gasteiger partial charge in [0.25, 0.3) is 0 Å². The quantitative estimate of drug-likeness (QED) is 0.558. The minimum atomic E-state index is -1.21. The van der Waals surface area contributed by atoms with E-state index in [4.69, 9.17) is 4.74 Å². The Kier molecular flexibility index (Phi) is 3.64. The van der Waals surface area contributed by atoms with Crippen LogP contribution in [-0.4, -0.2) is 58.3 Å². The fourth-order valence-electron chi connectivity index (χ4n) is 2.66. The third-order valence-corrected chi connectivity index (χ3v) is 3.92. The van der Waals surface area contributed by atoms with E-state index in [0.29, 0.717) is 13.0 Å². The zero-order valence-corrected chi connectivity index (χ0v) is 11.5. The molecule has 0 aromatic heterocycles. The molecule has 0 radical (unpaired) electrons. The highest BCUT2D eigenvalue weighted by Gasteiger charge is 2.58. The molecule has 0 bridgehead atoms. The molecule has 0 saturated carbocycles. The fourth-order valence-corrected chi connectivity index (χ4v) is 2.66. The van der Waals surface area contributed by atoms with Gasteiger partial charge in [-0.2, -0.15) is 5.10 Å². The van der Waals surface area contributed by atoms with Crippen LogP contribution in [0, 0.1) is 0 Å². The average Bonchev–Trinajstić information content (AvgIpc) is 2.65. The summed E-state index contributed by atoms with van der Waals surface area (Å²) in [6, 6.07) is 0. The first-order valence-electron chi connectivity index (χ1n) is 6.43. The number of ether oxygens (including phenoxy) is 1. The maximum Gasteiger partial charge on any atom is 0.337 e. The molecule has 2 unspecified atom stereocenters. The minimum absolute atomic E-state index is 0.218. The molecule has 0 fully saturated rings. The smallest absolute Gasteiger partial charge is 0.337 e. The molecule has 2 aliphatic heterocycles. The summed E-state index contributed by atoms with van der Waals surface area (Å²) in [5.41, 5.74) is 1.18. The Morgan fingerprint density at radius 2 is 2.21 bits per heavy atom. The number of aliphatic hydroxyl groups is 2. The van der Waals surface area contributed by atoms with Gasteiger partial charge in [-0.05, 0) is 20.8 Å². The van der Waals surface area contributed by atoms with Gasteiger partial charge in [0.2, 0.25) is 0 Å².